The summed E-state index contributed by atoms with van der Waals surface area (Å²) in [6, 6.07) is 7.34. The molecular formula is C11H13NO4Sn. The van der Waals surface area contributed by atoms with E-state index in [2.05, 4.69) is 5.32 Å². The van der Waals surface area contributed by atoms with Crippen molar-refractivity contribution in [3.63, 3.8) is 0 Å². The van der Waals surface area contributed by atoms with E-state index in [0.29, 0.717) is 24.7 Å². The van der Waals surface area contributed by atoms with Crippen LogP contribution in [-0.2, 0) is 4.74 Å². The van der Waals surface area contributed by atoms with E-state index in [4.69, 9.17) is 14.2 Å². The van der Waals surface area contributed by atoms with Gasteiger partial charge in [-0.05, 0) is 12.1 Å². The smallest absolute Gasteiger partial charge is 0.407 e. The number of carbonyl (C=O) groups is 1. The van der Waals surface area contributed by atoms with Crippen molar-refractivity contribution in [2.45, 2.75) is 6.10 Å². The average Bonchev–Trinajstić information content (AvgIpc) is 2.73. The number of cyclic esters (lactones) is 1. The predicted octanol–water partition coefficient (Wildman–Crippen LogP) is 0.802. The SMILES string of the molecule is COc1ccccc1OCC1CNC(=O)O1.[Sn]. The van der Waals surface area contributed by atoms with Gasteiger partial charge in [0.25, 0.3) is 0 Å². The molecular weight excluding hydrogens is 329 g/mol. The van der Waals surface area contributed by atoms with Gasteiger partial charge in [0.15, 0.2) is 17.6 Å². The molecule has 0 aromatic heterocycles. The van der Waals surface area contributed by atoms with Crippen LogP contribution in [0.3, 0.4) is 0 Å². The molecule has 1 aliphatic rings. The van der Waals surface area contributed by atoms with Crippen LogP contribution in [0.1, 0.15) is 0 Å². The van der Waals surface area contributed by atoms with E-state index in [9.17, 15) is 4.79 Å². The van der Waals surface area contributed by atoms with Crippen molar-refractivity contribution in [2.75, 3.05) is 20.3 Å². The molecule has 1 saturated heterocycles. The summed E-state index contributed by atoms with van der Waals surface area (Å²) in [7, 11) is 1.58. The van der Waals surface area contributed by atoms with E-state index in [0.717, 1.165) is 0 Å². The summed E-state index contributed by atoms with van der Waals surface area (Å²) in [4.78, 5) is 10.8. The van der Waals surface area contributed by atoms with Crippen LogP contribution >= 0.6 is 0 Å². The molecule has 17 heavy (non-hydrogen) atoms. The Hall–Kier alpha value is -1.11. The van der Waals surface area contributed by atoms with E-state index in [1.165, 1.54) is 0 Å². The van der Waals surface area contributed by atoms with Crippen molar-refractivity contribution in [1.29, 1.82) is 0 Å². The second-order valence-electron chi connectivity index (χ2n) is 3.37. The van der Waals surface area contributed by atoms with Crippen molar-refractivity contribution in [3.8, 4) is 11.5 Å². The molecule has 1 aromatic rings. The molecule has 1 N–H and O–H groups in total. The van der Waals surface area contributed by atoms with Crippen LogP contribution in [-0.4, -0.2) is 56.4 Å². The predicted molar refractivity (Wildman–Crippen MR) is 62.5 cm³/mol. The molecule has 1 fully saturated rings. The molecule has 1 aromatic carbocycles. The van der Waals surface area contributed by atoms with Gasteiger partial charge in [0.2, 0.25) is 0 Å². The molecule has 5 nitrogen and oxygen atoms in total. The third-order valence-electron chi connectivity index (χ3n) is 2.24. The first kappa shape index (κ1) is 14.0. The van der Waals surface area contributed by atoms with Gasteiger partial charge in [0, 0.05) is 23.9 Å². The molecule has 1 aliphatic heterocycles. The van der Waals surface area contributed by atoms with Crippen molar-refractivity contribution >= 4 is 30.0 Å². The number of nitrogens with one attached hydrogen (secondary N) is 1. The fourth-order valence-corrected chi connectivity index (χ4v) is 1.45. The van der Waals surface area contributed by atoms with Gasteiger partial charge in [0.1, 0.15) is 6.61 Å². The van der Waals surface area contributed by atoms with Gasteiger partial charge in [0.05, 0.1) is 13.7 Å². The summed E-state index contributed by atoms with van der Waals surface area (Å²) in [5, 5.41) is 2.56. The molecule has 2 rings (SSSR count). The number of benzene rings is 1. The maximum atomic E-state index is 10.8. The Morgan fingerprint density at radius 2 is 2.12 bits per heavy atom. The zero-order valence-electron chi connectivity index (χ0n) is 9.43. The van der Waals surface area contributed by atoms with E-state index >= 15 is 0 Å². The van der Waals surface area contributed by atoms with Gasteiger partial charge in [-0.1, -0.05) is 12.1 Å². The minimum Gasteiger partial charge on any atom is -0.493 e. The molecule has 0 saturated carbocycles. The molecule has 0 spiro atoms. The molecule has 6 heteroatoms. The molecule has 1 atom stereocenters. The maximum absolute atomic E-state index is 10.8. The summed E-state index contributed by atoms with van der Waals surface area (Å²) in [6.45, 7) is 0.799. The average molecular weight is 342 g/mol. The Kier molecular flexibility index (Phi) is 5.40. The van der Waals surface area contributed by atoms with Crippen molar-refractivity contribution in [1.82, 2.24) is 5.32 Å². The monoisotopic (exact) mass is 343 g/mol. The number of alkyl carbamates (subject to hydrolysis) is 1. The second-order valence-corrected chi connectivity index (χ2v) is 3.37. The van der Waals surface area contributed by atoms with E-state index < -0.39 is 6.09 Å². The first-order valence-electron chi connectivity index (χ1n) is 5.00. The zero-order chi connectivity index (χ0) is 11.4. The number of carbonyl (C=O) groups excluding carboxylic acids is 1. The topological polar surface area (TPSA) is 56.8 Å². The molecule has 0 aliphatic carbocycles. The van der Waals surface area contributed by atoms with Crippen LogP contribution in [0.4, 0.5) is 4.79 Å². The second kappa shape index (κ2) is 6.58. The Morgan fingerprint density at radius 1 is 1.41 bits per heavy atom. The number of amides is 1. The van der Waals surface area contributed by atoms with Crippen LogP contribution < -0.4 is 14.8 Å². The van der Waals surface area contributed by atoms with E-state index in [-0.39, 0.29) is 30.0 Å². The number of hydrogen-bond acceptors (Lipinski definition) is 4. The molecule has 1 amide bonds. The fourth-order valence-electron chi connectivity index (χ4n) is 1.45. The standard InChI is InChI=1S/C11H13NO4.Sn/c1-14-9-4-2-3-5-10(9)15-7-8-6-12-11(13)16-8;/h2-5,8H,6-7H2,1H3,(H,12,13);. The van der Waals surface area contributed by atoms with Crippen molar-refractivity contribution in [2.24, 2.45) is 0 Å². The van der Waals surface area contributed by atoms with E-state index in [1.54, 1.807) is 7.11 Å². The summed E-state index contributed by atoms with van der Waals surface area (Å²) < 4.78 is 15.6. The van der Waals surface area contributed by atoms with Gasteiger partial charge in [-0.2, -0.15) is 0 Å². The Labute approximate surface area is 116 Å². The third kappa shape index (κ3) is 3.69. The number of hydrogen-bond donors (Lipinski definition) is 1. The van der Waals surface area contributed by atoms with E-state index in [1.807, 2.05) is 24.3 Å². The van der Waals surface area contributed by atoms with Crippen LogP contribution in [0.2, 0.25) is 0 Å². The third-order valence-corrected chi connectivity index (χ3v) is 2.24. The first-order valence-corrected chi connectivity index (χ1v) is 5.00. The van der Waals surface area contributed by atoms with Crippen molar-refractivity contribution < 1.29 is 19.0 Å². The Balaban J connectivity index is 0.00000144. The quantitative estimate of drug-likeness (QED) is 0.823. The summed E-state index contributed by atoms with van der Waals surface area (Å²) >= 11 is 0. The summed E-state index contributed by atoms with van der Waals surface area (Å²) in [5.74, 6) is 1.31. The number of ether oxygens (including phenoxy) is 3. The zero-order valence-corrected chi connectivity index (χ0v) is 12.3. The van der Waals surface area contributed by atoms with Crippen LogP contribution in [0.5, 0.6) is 11.5 Å². The summed E-state index contributed by atoms with van der Waals surface area (Å²) in [5.41, 5.74) is 0. The molecule has 1 unspecified atom stereocenters. The van der Waals surface area contributed by atoms with Gasteiger partial charge < -0.3 is 19.5 Å². The van der Waals surface area contributed by atoms with Gasteiger partial charge in [-0.3, -0.25) is 0 Å². The van der Waals surface area contributed by atoms with Crippen LogP contribution in [0.25, 0.3) is 0 Å². The van der Waals surface area contributed by atoms with Crippen LogP contribution in [0.15, 0.2) is 24.3 Å². The fraction of sp³-hybridized carbons (Fsp3) is 0.364. The van der Waals surface area contributed by atoms with Gasteiger partial charge >= 0.3 is 6.09 Å². The minimum atomic E-state index is -0.395. The van der Waals surface area contributed by atoms with Gasteiger partial charge in [-0.25, -0.2) is 4.79 Å². The largest absolute Gasteiger partial charge is 0.493 e. The number of methoxy groups -OCH3 is 1. The maximum Gasteiger partial charge on any atom is 0.407 e. The van der Waals surface area contributed by atoms with Crippen LogP contribution in [0, 0.1) is 0 Å². The molecule has 90 valence electrons. The summed E-state index contributed by atoms with van der Waals surface area (Å²) in [6.07, 6.45) is -0.633. The number of para-hydroxylation sites is 2. The van der Waals surface area contributed by atoms with Gasteiger partial charge in [-0.15, -0.1) is 0 Å². The van der Waals surface area contributed by atoms with Crippen molar-refractivity contribution in [3.05, 3.63) is 24.3 Å². The number of rotatable bonds is 4. The molecule has 0 bridgehead atoms. The Morgan fingerprint density at radius 3 is 2.71 bits per heavy atom. The normalized spacial score (nSPS) is 17.7. The molecule has 4 radical (unpaired) electrons. The Bertz CT molecular complexity index is 385. The minimum absolute atomic E-state index is 0. The molecule has 1 heterocycles. The first-order chi connectivity index (χ1) is 7.79.